The van der Waals surface area contributed by atoms with Crippen molar-refractivity contribution in [2.45, 2.75) is 26.9 Å². The second-order valence-corrected chi connectivity index (χ2v) is 5.66. The highest BCUT2D eigenvalue weighted by molar-refractivity contribution is 7.10. The Morgan fingerprint density at radius 2 is 1.89 bits per heavy atom. The van der Waals surface area contributed by atoms with Gasteiger partial charge in [0.1, 0.15) is 5.75 Å². The molecule has 0 radical (unpaired) electrons. The largest absolute Gasteiger partial charge is 0.491 e. The number of benzene rings is 1. The maximum Gasteiger partial charge on any atom is 0.337 e. The van der Waals surface area contributed by atoms with E-state index in [1.807, 2.05) is 45.0 Å². The Bertz CT molecular complexity index is 582. The fraction of sp³-hybridized carbons (Fsp3) is 0.267. The molecule has 100 valence electrons. The molecule has 0 fully saturated rings. The number of thiophene rings is 1. The zero-order chi connectivity index (χ0) is 14.0. The molecule has 0 aliphatic rings. The fourth-order valence-electron chi connectivity index (χ4n) is 1.94. The number of aromatic carboxylic acids is 1. The normalized spacial score (nSPS) is 10.7. The Morgan fingerprint density at radius 1 is 1.26 bits per heavy atom. The second-order valence-electron chi connectivity index (χ2n) is 4.58. The molecule has 19 heavy (non-hydrogen) atoms. The van der Waals surface area contributed by atoms with Crippen molar-refractivity contribution in [1.29, 1.82) is 0 Å². The number of hydrogen-bond acceptors (Lipinski definition) is 3. The molecule has 0 saturated heterocycles. The molecule has 0 aliphatic heterocycles. The van der Waals surface area contributed by atoms with Crippen LogP contribution in [0.15, 0.2) is 29.6 Å². The van der Waals surface area contributed by atoms with Crippen LogP contribution in [0.3, 0.4) is 0 Å². The zero-order valence-corrected chi connectivity index (χ0v) is 12.0. The van der Waals surface area contributed by atoms with Gasteiger partial charge < -0.3 is 9.84 Å². The van der Waals surface area contributed by atoms with Crippen molar-refractivity contribution < 1.29 is 14.6 Å². The van der Waals surface area contributed by atoms with Crippen molar-refractivity contribution in [3.05, 3.63) is 40.1 Å². The Morgan fingerprint density at radius 3 is 2.42 bits per heavy atom. The lowest BCUT2D eigenvalue weighted by Gasteiger charge is -2.10. The van der Waals surface area contributed by atoms with E-state index in [1.54, 1.807) is 5.38 Å². The van der Waals surface area contributed by atoms with Gasteiger partial charge in [-0.15, -0.1) is 11.3 Å². The molecule has 0 amide bonds. The van der Waals surface area contributed by atoms with Crippen LogP contribution >= 0.6 is 11.3 Å². The van der Waals surface area contributed by atoms with Gasteiger partial charge in [-0.25, -0.2) is 4.79 Å². The van der Waals surface area contributed by atoms with E-state index >= 15 is 0 Å². The number of rotatable bonds is 4. The fourth-order valence-corrected chi connectivity index (χ4v) is 2.80. The maximum atomic E-state index is 11.2. The summed E-state index contributed by atoms with van der Waals surface area (Å²) >= 11 is 1.46. The second kappa shape index (κ2) is 5.45. The standard InChI is InChI=1S/C15H16O3S/c1-9(2)18-12-6-4-11(5-7-12)14-10(3)19-8-13(14)15(16)17/h4-9H,1-3H3,(H,16,17). The summed E-state index contributed by atoms with van der Waals surface area (Å²) in [6.07, 6.45) is 0.128. The number of hydrogen-bond donors (Lipinski definition) is 1. The molecule has 1 aromatic heterocycles. The van der Waals surface area contributed by atoms with E-state index in [0.29, 0.717) is 5.56 Å². The quantitative estimate of drug-likeness (QED) is 0.910. The average molecular weight is 276 g/mol. The van der Waals surface area contributed by atoms with E-state index in [-0.39, 0.29) is 6.10 Å². The topological polar surface area (TPSA) is 46.5 Å². The van der Waals surface area contributed by atoms with Gasteiger partial charge in [-0.2, -0.15) is 0 Å². The molecule has 0 spiro atoms. The summed E-state index contributed by atoms with van der Waals surface area (Å²) in [7, 11) is 0. The smallest absolute Gasteiger partial charge is 0.337 e. The molecule has 0 unspecified atom stereocenters. The van der Waals surface area contributed by atoms with Crippen LogP contribution in [0.2, 0.25) is 0 Å². The first kappa shape index (κ1) is 13.6. The van der Waals surface area contributed by atoms with Crippen LogP contribution in [0.5, 0.6) is 5.75 Å². The minimum absolute atomic E-state index is 0.128. The highest BCUT2D eigenvalue weighted by Gasteiger charge is 2.16. The Kier molecular flexibility index (Phi) is 3.90. The van der Waals surface area contributed by atoms with Crippen molar-refractivity contribution in [1.82, 2.24) is 0 Å². The van der Waals surface area contributed by atoms with E-state index in [0.717, 1.165) is 21.8 Å². The molecule has 0 atom stereocenters. The molecular weight excluding hydrogens is 260 g/mol. The molecule has 4 heteroatoms. The maximum absolute atomic E-state index is 11.2. The van der Waals surface area contributed by atoms with Gasteiger partial charge in [0.2, 0.25) is 0 Å². The van der Waals surface area contributed by atoms with Crippen LogP contribution in [-0.4, -0.2) is 17.2 Å². The van der Waals surface area contributed by atoms with E-state index in [4.69, 9.17) is 4.74 Å². The molecule has 0 bridgehead atoms. The number of ether oxygens (including phenoxy) is 1. The third kappa shape index (κ3) is 2.96. The van der Waals surface area contributed by atoms with Gasteiger partial charge in [0.15, 0.2) is 0 Å². The van der Waals surface area contributed by atoms with E-state index in [9.17, 15) is 9.90 Å². The van der Waals surface area contributed by atoms with Crippen molar-refractivity contribution in [2.75, 3.05) is 0 Å². The molecule has 0 aliphatic carbocycles. The van der Waals surface area contributed by atoms with Gasteiger partial charge in [-0.1, -0.05) is 12.1 Å². The lowest BCUT2D eigenvalue weighted by Crippen LogP contribution is -2.05. The van der Waals surface area contributed by atoms with Gasteiger partial charge in [-0.3, -0.25) is 0 Å². The predicted octanol–water partition coefficient (Wildman–Crippen LogP) is 4.21. The molecule has 1 heterocycles. The van der Waals surface area contributed by atoms with Crippen LogP contribution in [-0.2, 0) is 0 Å². The van der Waals surface area contributed by atoms with Gasteiger partial charge >= 0.3 is 5.97 Å². The van der Waals surface area contributed by atoms with Crippen molar-refractivity contribution in [2.24, 2.45) is 0 Å². The summed E-state index contributed by atoms with van der Waals surface area (Å²) in [5.41, 5.74) is 2.07. The monoisotopic (exact) mass is 276 g/mol. The molecular formula is C15H16O3S. The Hall–Kier alpha value is -1.81. The summed E-state index contributed by atoms with van der Waals surface area (Å²) in [6, 6.07) is 7.55. The molecule has 2 rings (SSSR count). The average Bonchev–Trinajstić information content (AvgIpc) is 2.71. The van der Waals surface area contributed by atoms with E-state index in [1.165, 1.54) is 11.3 Å². The molecule has 2 aromatic rings. The summed E-state index contributed by atoms with van der Waals surface area (Å²) in [4.78, 5) is 12.2. The van der Waals surface area contributed by atoms with Crippen LogP contribution in [0.1, 0.15) is 29.1 Å². The van der Waals surface area contributed by atoms with Gasteiger partial charge in [-0.05, 0) is 38.5 Å². The minimum atomic E-state index is -0.887. The van der Waals surface area contributed by atoms with Gasteiger partial charge in [0.25, 0.3) is 0 Å². The van der Waals surface area contributed by atoms with Crippen molar-refractivity contribution in [3.8, 4) is 16.9 Å². The van der Waals surface area contributed by atoms with Crippen LogP contribution in [0.25, 0.3) is 11.1 Å². The first-order valence-corrected chi connectivity index (χ1v) is 6.95. The predicted molar refractivity (Wildman–Crippen MR) is 77.2 cm³/mol. The lowest BCUT2D eigenvalue weighted by molar-refractivity contribution is 0.0698. The van der Waals surface area contributed by atoms with Gasteiger partial charge in [0, 0.05) is 15.8 Å². The highest BCUT2D eigenvalue weighted by atomic mass is 32.1. The summed E-state index contributed by atoms with van der Waals surface area (Å²) in [5, 5.41) is 10.9. The van der Waals surface area contributed by atoms with Crippen LogP contribution in [0, 0.1) is 6.92 Å². The van der Waals surface area contributed by atoms with Crippen molar-refractivity contribution in [3.63, 3.8) is 0 Å². The third-order valence-electron chi connectivity index (χ3n) is 2.72. The van der Waals surface area contributed by atoms with Crippen molar-refractivity contribution >= 4 is 17.3 Å². The SMILES string of the molecule is Cc1scc(C(=O)O)c1-c1ccc(OC(C)C)cc1. The molecule has 0 saturated carbocycles. The number of aryl methyl sites for hydroxylation is 1. The molecule has 1 N–H and O–H groups in total. The summed E-state index contributed by atoms with van der Waals surface area (Å²) < 4.78 is 5.58. The number of carboxylic acid groups (broad SMARTS) is 1. The molecule has 3 nitrogen and oxygen atoms in total. The first-order valence-electron chi connectivity index (χ1n) is 6.07. The van der Waals surface area contributed by atoms with E-state index in [2.05, 4.69) is 0 Å². The summed E-state index contributed by atoms with van der Waals surface area (Å²) in [6.45, 7) is 5.88. The van der Waals surface area contributed by atoms with E-state index < -0.39 is 5.97 Å². The Balaban J connectivity index is 2.37. The van der Waals surface area contributed by atoms with Crippen LogP contribution in [0.4, 0.5) is 0 Å². The zero-order valence-electron chi connectivity index (χ0n) is 11.1. The summed E-state index contributed by atoms with van der Waals surface area (Å²) in [5.74, 6) is -0.0923. The number of carboxylic acids is 1. The highest BCUT2D eigenvalue weighted by Crippen LogP contribution is 2.33. The molecule has 1 aromatic carbocycles. The van der Waals surface area contributed by atoms with Gasteiger partial charge in [0.05, 0.1) is 11.7 Å². The minimum Gasteiger partial charge on any atom is -0.491 e. The number of carbonyl (C=O) groups is 1. The Labute approximate surface area is 116 Å². The van der Waals surface area contributed by atoms with Crippen LogP contribution < -0.4 is 4.74 Å². The first-order chi connectivity index (χ1) is 8.99. The lowest BCUT2D eigenvalue weighted by atomic mass is 10.0. The third-order valence-corrected chi connectivity index (χ3v) is 3.63.